The molecule has 1 heterocycles. The molecule has 0 saturated carbocycles. The van der Waals surface area contributed by atoms with E-state index in [2.05, 4.69) is 42.4 Å². The second-order valence-electron chi connectivity index (χ2n) is 5.07. The van der Waals surface area contributed by atoms with E-state index < -0.39 is 0 Å². The number of unbranched alkanes of at least 4 members (excludes halogenated alkanes) is 1. The molecule has 1 N–H and O–H groups in total. The van der Waals surface area contributed by atoms with Crippen LogP contribution in [0.2, 0.25) is 0 Å². The van der Waals surface area contributed by atoms with E-state index in [0.29, 0.717) is 0 Å². The molecule has 0 amide bonds. The topological polar surface area (TPSA) is 47.0 Å². The van der Waals surface area contributed by atoms with Crippen LogP contribution in [-0.2, 0) is 10.2 Å². The number of nitrogens with one attached hydrogen (secondary N) is 1. The van der Waals surface area contributed by atoms with Gasteiger partial charge in [-0.3, -0.25) is 0 Å². The monoisotopic (exact) mass is 257 g/mol. The van der Waals surface area contributed by atoms with Crippen molar-refractivity contribution in [2.75, 3.05) is 25.1 Å². The molecule has 0 aliphatic heterocycles. The summed E-state index contributed by atoms with van der Waals surface area (Å²) in [5, 5.41) is 4.12. The summed E-state index contributed by atoms with van der Waals surface area (Å²) in [6.07, 6.45) is 2.31. The van der Waals surface area contributed by atoms with Crippen molar-refractivity contribution >= 4 is 16.7 Å². The van der Waals surface area contributed by atoms with Crippen molar-refractivity contribution in [1.29, 1.82) is 0 Å². The second kappa shape index (κ2) is 6.91. The number of hydrogen-bond acceptors (Lipinski definition) is 5. The summed E-state index contributed by atoms with van der Waals surface area (Å²) in [6.45, 7) is 10.9. The first-order chi connectivity index (χ1) is 8.04. The maximum Gasteiger partial charge on any atom is 0.202 e. The third-order valence-corrected chi connectivity index (χ3v) is 2.93. The molecule has 0 aliphatic rings. The van der Waals surface area contributed by atoms with Crippen molar-refractivity contribution < 1.29 is 4.74 Å². The molecule has 0 unspecified atom stereocenters. The van der Waals surface area contributed by atoms with Gasteiger partial charge < -0.3 is 10.1 Å². The summed E-state index contributed by atoms with van der Waals surface area (Å²) < 4.78 is 9.81. The number of hydrogen-bond donors (Lipinski definition) is 1. The summed E-state index contributed by atoms with van der Waals surface area (Å²) in [6, 6.07) is 0. The molecule has 4 nitrogen and oxygen atoms in total. The molecule has 0 spiro atoms. The zero-order valence-electron chi connectivity index (χ0n) is 11.2. The van der Waals surface area contributed by atoms with Crippen molar-refractivity contribution in [2.45, 2.75) is 46.0 Å². The highest BCUT2D eigenvalue weighted by Crippen LogP contribution is 2.22. The third-order valence-electron chi connectivity index (χ3n) is 2.26. The molecule has 0 fully saturated rings. The van der Waals surface area contributed by atoms with Crippen molar-refractivity contribution in [2.24, 2.45) is 0 Å². The van der Waals surface area contributed by atoms with Gasteiger partial charge in [-0.1, -0.05) is 34.1 Å². The maximum absolute atomic E-state index is 5.46. The van der Waals surface area contributed by atoms with Gasteiger partial charge >= 0.3 is 0 Å². The van der Waals surface area contributed by atoms with Crippen molar-refractivity contribution in [3.05, 3.63) is 5.82 Å². The Hall–Kier alpha value is -0.680. The van der Waals surface area contributed by atoms with Gasteiger partial charge in [-0.2, -0.15) is 4.37 Å². The highest BCUT2D eigenvalue weighted by molar-refractivity contribution is 7.09. The Kier molecular flexibility index (Phi) is 5.85. The maximum atomic E-state index is 5.46. The largest absolute Gasteiger partial charge is 0.380 e. The molecular formula is C12H23N3OS. The fourth-order valence-corrected chi connectivity index (χ4v) is 1.96. The minimum Gasteiger partial charge on any atom is -0.380 e. The van der Waals surface area contributed by atoms with Crippen LogP contribution in [0.5, 0.6) is 0 Å². The van der Waals surface area contributed by atoms with Gasteiger partial charge in [-0.25, -0.2) is 4.98 Å². The van der Waals surface area contributed by atoms with Gasteiger partial charge in [0.1, 0.15) is 5.82 Å². The zero-order chi connectivity index (χ0) is 12.7. The molecule has 0 aliphatic carbocycles. The first kappa shape index (κ1) is 14.4. The molecule has 0 bridgehead atoms. The summed E-state index contributed by atoms with van der Waals surface area (Å²) >= 11 is 1.42. The van der Waals surface area contributed by atoms with Gasteiger partial charge in [0.2, 0.25) is 5.13 Å². The number of nitrogens with zero attached hydrogens (tertiary/aromatic N) is 2. The number of rotatable bonds is 7. The van der Waals surface area contributed by atoms with Crippen LogP contribution in [-0.4, -0.2) is 29.1 Å². The Balaban J connectivity index is 2.21. The molecule has 5 heteroatoms. The summed E-state index contributed by atoms with van der Waals surface area (Å²) in [4.78, 5) is 4.46. The lowest BCUT2D eigenvalue weighted by Crippen LogP contribution is -2.14. The van der Waals surface area contributed by atoms with Crippen LogP contribution in [0.4, 0.5) is 5.13 Å². The second-order valence-corrected chi connectivity index (χ2v) is 5.82. The van der Waals surface area contributed by atoms with E-state index >= 15 is 0 Å². The molecule has 0 aromatic carbocycles. The Labute approximate surface area is 108 Å². The van der Waals surface area contributed by atoms with Crippen LogP contribution in [0, 0.1) is 0 Å². The van der Waals surface area contributed by atoms with Gasteiger partial charge in [0.15, 0.2) is 0 Å². The Bertz CT molecular complexity index is 320. The molecule has 0 radical (unpaired) electrons. The van der Waals surface area contributed by atoms with Gasteiger partial charge in [0, 0.05) is 30.1 Å². The van der Waals surface area contributed by atoms with E-state index in [1.165, 1.54) is 18.0 Å². The van der Waals surface area contributed by atoms with E-state index in [0.717, 1.165) is 37.1 Å². The Morgan fingerprint density at radius 3 is 2.65 bits per heavy atom. The average molecular weight is 257 g/mol. The van der Waals surface area contributed by atoms with Crippen LogP contribution >= 0.6 is 11.5 Å². The first-order valence-electron chi connectivity index (χ1n) is 6.20. The van der Waals surface area contributed by atoms with E-state index in [4.69, 9.17) is 4.74 Å². The standard InChI is InChI=1S/C12H23N3OS/c1-5-6-8-16-9-7-13-11-14-10(15-17-11)12(2,3)4/h5-9H2,1-4H3,(H,13,14,15). The average Bonchev–Trinajstić information content (AvgIpc) is 2.71. The third kappa shape index (κ3) is 5.46. The van der Waals surface area contributed by atoms with Crippen LogP contribution in [0.15, 0.2) is 0 Å². The highest BCUT2D eigenvalue weighted by atomic mass is 32.1. The van der Waals surface area contributed by atoms with E-state index in [-0.39, 0.29) is 5.41 Å². The van der Waals surface area contributed by atoms with Crippen LogP contribution < -0.4 is 5.32 Å². The number of ether oxygens (including phenoxy) is 1. The Morgan fingerprint density at radius 2 is 2.06 bits per heavy atom. The lowest BCUT2D eigenvalue weighted by molar-refractivity contribution is 0.141. The minimum atomic E-state index is 0.0219. The molecular weight excluding hydrogens is 234 g/mol. The zero-order valence-corrected chi connectivity index (χ0v) is 12.1. The molecule has 1 aromatic heterocycles. The molecule has 1 aromatic rings. The van der Waals surface area contributed by atoms with E-state index in [9.17, 15) is 0 Å². The van der Waals surface area contributed by atoms with Gasteiger partial charge in [0.25, 0.3) is 0 Å². The molecule has 17 heavy (non-hydrogen) atoms. The van der Waals surface area contributed by atoms with E-state index in [1.807, 2.05) is 0 Å². The SMILES string of the molecule is CCCCOCCNc1nc(C(C)(C)C)ns1. The first-order valence-corrected chi connectivity index (χ1v) is 6.97. The number of anilines is 1. The van der Waals surface area contributed by atoms with Crippen molar-refractivity contribution in [3.8, 4) is 0 Å². The Morgan fingerprint density at radius 1 is 1.29 bits per heavy atom. The van der Waals surface area contributed by atoms with Crippen molar-refractivity contribution in [3.63, 3.8) is 0 Å². The summed E-state index contributed by atoms with van der Waals surface area (Å²) in [7, 11) is 0. The molecule has 98 valence electrons. The summed E-state index contributed by atoms with van der Waals surface area (Å²) in [5.74, 6) is 0.900. The predicted molar refractivity (Wildman–Crippen MR) is 72.8 cm³/mol. The van der Waals surface area contributed by atoms with Gasteiger partial charge in [0.05, 0.1) is 6.61 Å². The van der Waals surface area contributed by atoms with E-state index in [1.54, 1.807) is 0 Å². The van der Waals surface area contributed by atoms with Crippen LogP contribution in [0.25, 0.3) is 0 Å². The van der Waals surface area contributed by atoms with Gasteiger partial charge in [-0.05, 0) is 6.42 Å². The summed E-state index contributed by atoms with van der Waals surface area (Å²) in [5.41, 5.74) is 0.0219. The minimum absolute atomic E-state index is 0.0219. The molecule has 0 saturated heterocycles. The van der Waals surface area contributed by atoms with Crippen LogP contribution in [0.3, 0.4) is 0 Å². The molecule has 1 rings (SSSR count). The number of aromatic nitrogens is 2. The lowest BCUT2D eigenvalue weighted by atomic mass is 9.96. The fraction of sp³-hybridized carbons (Fsp3) is 0.833. The quantitative estimate of drug-likeness (QED) is 0.763. The molecule has 0 atom stereocenters. The highest BCUT2D eigenvalue weighted by Gasteiger charge is 2.19. The van der Waals surface area contributed by atoms with Gasteiger partial charge in [-0.15, -0.1) is 0 Å². The normalized spacial score (nSPS) is 11.8. The lowest BCUT2D eigenvalue weighted by Gasteiger charge is -2.12. The predicted octanol–water partition coefficient (Wildman–Crippen LogP) is 3.06. The fourth-order valence-electron chi connectivity index (χ4n) is 1.18. The van der Waals surface area contributed by atoms with Crippen molar-refractivity contribution in [1.82, 2.24) is 9.36 Å². The smallest absolute Gasteiger partial charge is 0.202 e. The van der Waals surface area contributed by atoms with Crippen LogP contribution in [0.1, 0.15) is 46.4 Å².